The quantitative estimate of drug-likeness (QED) is 0.594. The van der Waals surface area contributed by atoms with E-state index in [0.29, 0.717) is 6.04 Å². The third-order valence-electron chi connectivity index (χ3n) is 2.24. The fraction of sp³-hybridized carbons (Fsp3) is 0.400. The Hall–Kier alpha value is 0.520. The molecule has 0 aromatic heterocycles. The average molecular weight is 292 g/mol. The first kappa shape index (κ1) is 12.6. The molecular weight excluding hydrogens is 276 g/mol. The van der Waals surface area contributed by atoms with E-state index in [1.165, 1.54) is 5.56 Å². The number of rotatable bonds is 5. The van der Waals surface area contributed by atoms with Crippen molar-refractivity contribution in [3.05, 3.63) is 35.9 Å². The summed E-state index contributed by atoms with van der Waals surface area (Å²) in [5.41, 5.74) is 1.41. The average Bonchev–Trinajstić information content (AvgIpc) is 2.26. The molecule has 0 aliphatic heterocycles. The first-order valence-corrected chi connectivity index (χ1v) is 8.44. The summed E-state index contributed by atoms with van der Waals surface area (Å²) in [6.45, 7) is 0. The van der Waals surface area contributed by atoms with Crippen molar-refractivity contribution in [1.29, 1.82) is 0 Å². The summed E-state index contributed by atoms with van der Waals surface area (Å²) in [5, 5.41) is 1.03. The van der Waals surface area contributed by atoms with Crippen molar-refractivity contribution in [2.45, 2.75) is 12.5 Å². The van der Waals surface area contributed by atoms with Crippen molar-refractivity contribution in [3.8, 4) is 0 Å². The summed E-state index contributed by atoms with van der Waals surface area (Å²) in [6, 6.07) is 11.2. The van der Waals surface area contributed by atoms with Crippen LogP contribution in [0.4, 0.5) is 0 Å². The van der Waals surface area contributed by atoms with E-state index < -0.39 is 0 Å². The van der Waals surface area contributed by atoms with Crippen molar-refractivity contribution in [1.82, 2.24) is 4.67 Å². The molecule has 0 amide bonds. The first-order chi connectivity index (χ1) is 6.77. The number of hydrogen-bond acceptors (Lipinski definition) is 1. The summed E-state index contributed by atoms with van der Waals surface area (Å²) in [4.78, 5) is 0. The minimum Gasteiger partial charge on any atom is -0.280 e. The summed E-state index contributed by atoms with van der Waals surface area (Å²) < 4.78 is 2.37. The minimum atomic E-state index is 0.591. The molecule has 0 spiro atoms. The van der Waals surface area contributed by atoms with Crippen LogP contribution in [-0.4, -0.2) is 23.1 Å². The molecule has 0 N–H and O–H groups in total. The Morgan fingerprint density at radius 1 is 1.43 bits per heavy atom. The molecule has 78 valence electrons. The van der Waals surface area contributed by atoms with Gasteiger partial charge in [-0.3, -0.25) is 4.67 Å². The lowest BCUT2D eigenvalue weighted by molar-refractivity contribution is 0.440. The van der Waals surface area contributed by atoms with Gasteiger partial charge in [-0.25, -0.2) is 0 Å². The maximum atomic E-state index is 3.57. The SMILES string of the molecule is CN(PP)[C@H](CBr)Cc1ccccc1. The maximum Gasteiger partial charge on any atom is 0.0269 e. The molecule has 0 saturated carbocycles. The van der Waals surface area contributed by atoms with Crippen LogP contribution in [0.3, 0.4) is 0 Å². The smallest absolute Gasteiger partial charge is 0.0269 e. The van der Waals surface area contributed by atoms with E-state index in [1.54, 1.807) is 0 Å². The van der Waals surface area contributed by atoms with E-state index in [-0.39, 0.29) is 0 Å². The molecule has 2 unspecified atom stereocenters. The lowest BCUT2D eigenvalue weighted by atomic mass is 10.1. The van der Waals surface area contributed by atoms with Gasteiger partial charge in [-0.1, -0.05) is 55.2 Å². The predicted octanol–water partition coefficient (Wildman–Crippen LogP) is 3.31. The van der Waals surface area contributed by atoms with Gasteiger partial charge in [0.2, 0.25) is 0 Å². The third kappa shape index (κ3) is 3.95. The van der Waals surface area contributed by atoms with Crippen LogP contribution in [0, 0.1) is 0 Å². The molecule has 0 aliphatic rings. The number of hydrogen-bond donors (Lipinski definition) is 0. The molecular formula is C10H16BrNP2. The molecule has 0 heterocycles. The van der Waals surface area contributed by atoms with Gasteiger partial charge in [0.25, 0.3) is 0 Å². The van der Waals surface area contributed by atoms with E-state index in [2.05, 4.69) is 66.9 Å². The highest BCUT2D eigenvalue weighted by Crippen LogP contribution is 2.28. The highest BCUT2D eigenvalue weighted by atomic mass is 79.9. The normalized spacial score (nSPS) is 14.0. The third-order valence-corrected chi connectivity index (χ3v) is 4.99. The van der Waals surface area contributed by atoms with Crippen LogP contribution in [0.1, 0.15) is 5.56 Å². The van der Waals surface area contributed by atoms with Crippen LogP contribution in [0.25, 0.3) is 0 Å². The van der Waals surface area contributed by atoms with Crippen LogP contribution in [0.15, 0.2) is 30.3 Å². The van der Waals surface area contributed by atoms with Gasteiger partial charge in [-0.15, -0.1) is 0 Å². The minimum absolute atomic E-state index is 0.591. The van der Waals surface area contributed by atoms with Crippen LogP contribution in [-0.2, 0) is 6.42 Å². The van der Waals surface area contributed by atoms with Gasteiger partial charge in [0.05, 0.1) is 0 Å². The van der Waals surface area contributed by atoms with Gasteiger partial charge in [0.1, 0.15) is 0 Å². The Bertz CT molecular complexity index is 256. The number of benzene rings is 1. The van der Waals surface area contributed by atoms with Gasteiger partial charge in [-0.05, 0) is 27.5 Å². The van der Waals surface area contributed by atoms with Crippen LogP contribution < -0.4 is 0 Å². The van der Waals surface area contributed by atoms with Gasteiger partial charge in [0, 0.05) is 11.4 Å². The highest BCUT2D eigenvalue weighted by molar-refractivity contribution is 9.09. The summed E-state index contributed by atoms with van der Waals surface area (Å²) >= 11 is 3.57. The molecule has 0 radical (unpaired) electrons. The Morgan fingerprint density at radius 2 is 2.07 bits per heavy atom. The molecule has 1 nitrogen and oxygen atoms in total. The first-order valence-electron chi connectivity index (χ1n) is 4.57. The second-order valence-corrected chi connectivity index (χ2v) is 5.62. The zero-order chi connectivity index (χ0) is 10.4. The molecule has 1 aromatic rings. The topological polar surface area (TPSA) is 3.24 Å². The van der Waals surface area contributed by atoms with Crippen LogP contribution in [0.5, 0.6) is 0 Å². The fourth-order valence-electron chi connectivity index (χ4n) is 1.29. The summed E-state index contributed by atoms with van der Waals surface area (Å²) in [5.74, 6) is 0. The molecule has 1 aromatic carbocycles. The van der Waals surface area contributed by atoms with Crippen molar-refractivity contribution < 1.29 is 0 Å². The van der Waals surface area contributed by atoms with Crippen molar-refractivity contribution in [3.63, 3.8) is 0 Å². The molecule has 4 heteroatoms. The monoisotopic (exact) mass is 291 g/mol. The summed E-state index contributed by atoms with van der Waals surface area (Å²) in [7, 11) is 5.75. The number of halogens is 1. The van der Waals surface area contributed by atoms with E-state index in [1.807, 2.05) is 0 Å². The van der Waals surface area contributed by atoms with E-state index >= 15 is 0 Å². The second-order valence-electron chi connectivity index (χ2n) is 3.24. The van der Waals surface area contributed by atoms with Gasteiger partial charge < -0.3 is 0 Å². The lowest BCUT2D eigenvalue weighted by Gasteiger charge is -2.24. The Balaban J connectivity index is 2.57. The molecule has 14 heavy (non-hydrogen) atoms. The van der Waals surface area contributed by atoms with E-state index in [9.17, 15) is 0 Å². The van der Waals surface area contributed by atoms with Crippen molar-refractivity contribution >= 4 is 33.3 Å². The molecule has 0 bridgehead atoms. The van der Waals surface area contributed by atoms with Crippen LogP contribution >= 0.6 is 33.3 Å². The molecule has 3 atom stereocenters. The molecule has 0 saturated heterocycles. The van der Waals surface area contributed by atoms with E-state index in [0.717, 1.165) is 20.2 Å². The number of nitrogens with zero attached hydrogens (tertiary/aromatic N) is 1. The lowest BCUT2D eigenvalue weighted by Crippen LogP contribution is -2.27. The predicted molar refractivity (Wildman–Crippen MR) is 73.5 cm³/mol. The van der Waals surface area contributed by atoms with Gasteiger partial charge >= 0.3 is 0 Å². The zero-order valence-corrected chi connectivity index (χ0v) is 12.0. The number of alkyl halides is 1. The molecule has 0 fully saturated rings. The standard InChI is InChI=1S/C10H16BrNP2/c1-12(14-13)10(8-11)7-9-5-3-2-4-6-9/h2-6,10,14H,7-8,13H2,1H3/t10-/m0/s1. The fourth-order valence-corrected chi connectivity index (χ4v) is 3.24. The maximum absolute atomic E-state index is 3.57. The largest absolute Gasteiger partial charge is 0.280 e. The van der Waals surface area contributed by atoms with Gasteiger partial charge in [-0.2, -0.15) is 0 Å². The summed E-state index contributed by atoms with van der Waals surface area (Å²) in [6.07, 6.45) is 1.12. The van der Waals surface area contributed by atoms with Gasteiger partial charge in [0.15, 0.2) is 0 Å². The van der Waals surface area contributed by atoms with E-state index in [4.69, 9.17) is 0 Å². The van der Waals surface area contributed by atoms with Crippen molar-refractivity contribution in [2.24, 2.45) is 0 Å². The molecule has 0 aliphatic carbocycles. The number of likely N-dealkylation sites (N-methyl/N-ethyl adjacent to an activating group) is 1. The second kappa shape index (κ2) is 6.90. The molecule has 1 rings (SSSR count). The van der Waals surface area contributed by atoms with Crippen LogP contribution in [0.2, 0.25) is 0 Å². The highest BCUT2D eigenvalue weighted by Gasteiger charge is 2.12. The zero-order valence-electron chi connectivity index (χ0n) is 8.28. The Morgan fingerprint density at radius 3 is 2.57 bits per heavy atom. The Kier molecular flexibility index (Phi) is 6.21. The van der Waals surface area contributed by atoms with Crippen molar-refractivity contribution in [2.75, 3.05) is 12.4 Å². The Labute approximate surface area is 98.7 Å².